The largest absolute Gasteiger partial charge is 0.391 e. The van der Waals surface area contributed by atoms with Crippen LogP contribution in [-0.4, -0.2) is 22.9 Å². The molecule has 15 heavy (non-hydrogen) atoms. The summed E-state index contributed by atoms with van der Waals surface area (Å²) in [7, 11) is 0. The molecule has 1 aliphatic heterocycles. The molecule has 1 atom stereocenters. The predicted molar refractivity (Wildman–Crippen MR) is 70.5 cm³/mol. The summed E-state index contributed by atoms with van der Waals surface area (Å²) in [5, 5.41) is 4.97. The lowest BCUT2D eigenvalue weighted by Crippen LogP contribution is -2.08. The maximum atomic E-state index is 5.28. The van der Waals surface area contributed by atoms with Gasteiger partial charge in [0.25, 0.3) is 0 Å². The first-order chi connectivity index (χ1) is 7.33. The molecular formula is C10H12BrNOS2. The van der Waals surface area contributed by atoms with Crippen LogP contribution in [0, 0.1) is 0 Å². The van der Waals surface area contributed by atoms with Crippen molar-refractivity contribution in [2.24, 2.45) is 5.16 Å². The molecule has 0 aliphatic carbocycles. The van der Waals surface area contributed by atoms with E-state index in [1.807, 2.05) is 11.8 Å². The summed E-state index contributed by atoms with van der Waals surface area (Å²) >= 11 is 7.09. The molecule has 2 heterocycles. The average Bonchev–Trinajstić information content (AvgIpc) is 2.85. The van der Waals surface area contributed by atoms with Crippen molar-refractivity contribution in [1.82, 2.24) is 0 Å². The van der Waals surface area contributed by atoms with Gasteiger partial charge in [-0.1, -0.05) is 28.0 Å². The lowest BCUT2D eigenvalue weighted by Gasteiger charge is -1.99. The SMILES string of the molecule is CCSc1ccc(C2=NOC(CBr)C2)s1. The Morgan fingerprint density at radius 1 is 1.67 bits per heavy atom. The Hall–Kier alpha value is 0.0000000000000000278. The molecule has 0 radical (unpaired) electrons. The van der Waals surface area contributed by atoms with Gasteiger partial charge in [-0.3, -0.25) is 0 Å². The fraction of sp³-hybridized carbons (Fsp3) is 0.500. The molecule has 1 aromatic rings. The number of hydrogen-bond donors (Lipinski definition) is 0. The van der Waals surface area contributed by atoms with Crippen molar-refractivity contribution in [2.45, 2.75) is 23.7 Å². The number of alkyl halides is 1. The molecule has 0 bridgehead atoms. The van der Waals surface area contributed by atoms with Crippen LogP contribution in [0.15, 0.2) is 21.5 Å². The summed E-state index contributed by atoms with van der Waals surface area (Å²) in [6, 6.07) is 4.31. The van der Waals surface area contributed by atoms with Crippen molar-refractivity contribution in [2.75, 3.05) is 11.1 Å². The van der Waals surface area contributed by atoms with E-state index in [0.717, 1.165) is 23.2 Å². The van der Waals surface area contributed by atoms with Crippen LogP contribution in [0.25, 0.3) is 0 Å². The van der Waals surface area contributed by atoms with E-state index in [1.165, 1.54) is 9.09 Å². The fourth-order valence-corrected chi connectivity index (χ4v) is 3.73. The van der Waals surface area contributed by atoms with Gasteiger partial charge in [0.1, 0.15) is 11.8 Å². The molecule has 1 aliphatic rings. The van der Waals surface area contributed by atoms with Gasteiger partial charge in [-0.25, -0.2) is 0 Å². The molecule has 0 fully saturated rings. The minimum absolute atomic E-state index is 0.212. The van der Waals surface area contributed by atoms with E-state index >= 15 is 0 Å². The summed E-state index contributed by atoms with van der Waals surface area (Å²) in [4.78, 5) is 6.52. The predicted octanol–water partition coefficient (Wildman–Crippen LogP) is 3.75. The second-order valence-corrected chi connectivity index (χ2v) is 6.47. The van der Waals surface area contributed by atoms with E-state index in [0.29, 0.717) is 0 Å². The lowest BCUT2D eigenvalue weighted by molar-refractivity contribution is 0.104. The average molecular weight is 306 g/mol. The Kier molecular flexibility index (Phi) is 4.11. The molecule has 2 nitrogen and oxygen atoms in total. The number of rotatable bonds is 4. The molecule has 0 amide bonds. The Balaban J connectivity index is 2.04. The summed E-state index contributed by atoms with van der Waals surface area (Å²) in [6.45, 7) is 2.17. The third-order valence-corrected chi connectivity index (χ3v) is 5.02. The van der Waals surface area contributed by atoms with E-state index in [1.54, 1.807) is 11.3 Å². The molecule has 5 heteroatoms. The zero-order valence-corrected chi connectivity index (χ0v) is 11.6. The first-order valence-corrected chi connectivity index (χ1v) is 7.77. The van der Waals surface area contributed by atoms with Crippen LogP contribution >= 0.6 is 39.0 Å². The highest BCUT2D eigenvalue weighted by Gasteiger charge is 2.21. The van der Waals surface area contributed by atoms with Gasteiger partial charge in [-0.05, 0) is 17.9 Å². The van der Waals surface area contributed by atoms with Crippen LogP contribution < -0.4 is 0 Å². The third-order valence-electron chi connectivity index (χ3n) is 2.06. The van der Waals surface area contributed by atoms with Crippen molar-refractivity contribution < 1.29 is 4.84 Å². The minimum Gasteiger partial charge on any atom is -0.391 e. The van der Waals surface area contributed by atoms with Crippen LogP contribution in [0.2, 0.25) is 0 Å². The first-order valence-electron chi connectivity index (χ1n) is 4.85. The standard InChI is InChI=1S/C10H12BrNOS2/c1-2-14-10-4-3-9(15-10)8-5-7(6-11)13-12-8/h3-4,7H,2,5-6H2,1H3. The maximum Gasteiger partial charge on any atom is 0.142 e. The van der Waals surface area contributed by atoms with Crippen LogP contribution in [-0.2, 0) is 4.84 Å². The van der Waals surface area contributed by atoms with Crippen molar-refractivity contribution in [3.8, 4) is 0 Å². The Labute approximate surface area is 106 Å². The molecule has 2 rings (SSSR count). The van der Waals surface area contributed by atoms with E-state index in [-0.39, 0.29) is 6.10 Å². The monoisotopic (exact) mass is 305 g/mol. The second-order valence-electron chi connectivity index (χ2n) is 3.18. The van der Waals surface area contributed by atoms with Crippen molar-refractivity contribution in [3.63, 3.8) is 0 Å². The Bertz CT molecular complexity index is 364. The summed E-state index contributed by atoms with van der Waals surface area (Å²) in [5.41, 5.74) is 1.09. The molecular weight excluding hydrogens is 294 g/mol. The van der Waals surface area contributed by atoms with Crippen molar-refractivity contribution >= 4 is 44.7 Å². The van der Waals surface area contributed by atoms with Crippen LogP contribution in [0.5, 0.6) is 0 Å². The van der Waals surface area contributed by atoms with Gasteiger partial charge >= 0.3 is 0 Å². The summed E-state index contributed by atoms with van der Waals surface area (Å²) < 4.78 is 1.36. The number of oxime groups is 1. The van der Waals surface area contributed by atoms with Gasteiger partial charge in [0.15, 0.2) is 0 Å². The highest BCUT2D eigenvalue weighted by molar-refractivity contribution is 9.09. The number of thiophene rings is 1. The van der Waals surface area contributed by atoms with Crippen LogP contribution in [0.1, 0.15) is 18.2 Å². The minimum atomic E-state index is 0.212. The lowest BCUT2D eigenvalue weighted by atomic mass is 10.2. The van der Waals surface area contributed by atoms with Crippen molar-refractivity contribution in [3.05, 3.63) is 17.0 Å². The van der Waals surface area contributed by atoms with Gasteiger partial charge in [-0.2, -0.15) is 0 Å². The number of thioether (sulfide) groups is 1. The zero-order valence-electron chi connectivity index (χ0n) is 8.40. The highest BCUT2D eigenvalue weighted by atomic mass is 79.9. The van der Waals surface area contributed by atoms with Gasteiger partial charge in [0.2, 0.25) is 0 Å². The molecule has 1 unspecified atom stereocenters. The number of nitrogens with zero attached hydrogens (tertiary/aromatic N) is 1. The number of halogens is 1. The Morgan fingerprint density at radius 2 is 2.53 bits per heavy atom. The van der Waals surface area contributed by atoms with E-state index in [2.05, 4.69) is 40.1 Å². The van der Waals surface area contributed by atoms with E-state index < -0.39 is 0 Å². The normalized spacial score (nSPS) is 20.1. The molecule has 0 saturated carbocycles. The van der Waals surface area contributed by atoms with E-state index in [9.17, 15) is 0 Å². The summed E-state index contributed by atoms with van der Waals surface area (Å²) in [6.07, 6.45) is 1.13. The smallest absolute Gasteiger partial charge is 0.142 e. The molecule has 0 N–H and O–H groups in total. The molecule has 0 aromatic carbocycles. The summed E-state index contributed by atoms with van der Waals surface area (Å²) in [5.74, 6) is 1.12. The third kappa shape index (κ3) is 2.77. The maximum absolute atomic E-state index is 5.28. The van der Waals surface area contributed by atoms with Crippen LogP contribution in [0.4, 0.5) is 0 Å². The van der Waals surface area contributed by atoms with Gasteiger partial charge in [0, 0.05) is 11.8 Å². The molecule has 0 spiro atoms. The van der Waals surface area contributed by atoms with E-state index in [4.69, 9.17) is 4.84 Å². The van der Waals surface area contributed by atoms with Crippen molar-refractivity contribution in [1.29, 1.82) is 0 Å². The molecule has 0 saturated heterocycles. The molecule has 1 aromatic heterocycles. The quantitative estimate of drug-likeness (QED) is 0.624. The van der Waals surface area contributed by atoms with Gasteiger partial charge in [-0.15, -0.1) is 23.1 Å². The topological polar surface area (TPSA) is 21.6 Å². The highest BCUT2D eigenvalue weighted by Crippen LogP contribution is 2.30. The van der Waals surface area contributed by atoms with Gasteiger partial charge in [0.05, 0.1) is 9.09 Å². The second kappa shape index (κ2) is 5.37. The molecule has 82 valence electrons. The van der Waals surface area contributed by atoms with Gasteiger partial charge < -0.3 is 4.84 Å². The zero-order chi connectivity index (χ0) is 10.7. The number of hydrogen-bond acceptors (Lipinski definition) is 4. The fourth-order valence-electron chi connectivity index (χ4n) is 1.35. The first kappa shape index (κ1) is 11.5. The Morgan fingerprint density at radius 3 is 3.20 bits per heavy atom. The van der Waals surface area contributed by atoms with Crippen LogP contribution in [0.3, 0.4) is 0 Å².